The molecule has 1 aromatic rings. The highest BCUT2D eigenvalue weighted by Gasteiger charge is 2.19. The van der Waals surface area contributed by atoms with Gasteiger partial charge in [0.15, 0.2) is 0 Å². The number of hydrogen-bond donors (Lipinski definition) is 2. The molecule has 0 fully saturated rings. The zero-order valence-electron chi connectivity index (χ0n) is 14.2. The van der Waals surface area contributed by atoms with Gasteiger partial charge in [-0.15, -0.1) is 0 Å². The van der Waals surface area contributed by atoms with Gasteiger partial charge in [0.1, 0.15) is 5.75 Å². The van der Waals surface area contributed by atoms with Crippen LogP contribution in [0.15, 0.2) is 24.3 Å². The van der Waals surface area contributed by atoms with Gasteiger partial charge in [0.05, 0.1) is 6.61 Å². The lowest BCUT2D eigenvalue weighted by atomic mass is 9.85. The predicted molar refractivity (Wildman–Crippen MR) is 90.6 cm³/mol. The monoisotopic (exact) mass is 292 g/mol. The molecule has 1 atom stereocenters. The fourth-order valence-electron chi connectivity index (χ4n) is 2.84. The molecule has 3 N–H and O–H groups in total. The fraction of sp³-hybridized carbons (Fsp3) is 0.667. The van der Waals surface area contributed by atoms with Gasteiger partial charge in [-0.1, -0.05) is 39.8 Å². The van der Waals surface area contributed by atoms with E-state index in [-0.39, 0.29) is 6.04 Å². The van der Waals surface area contributed by atoms with E-state index in [1.165, 1.54) is 5.56 Å². The Morgan fingerprint density at radius 1 is 1.14 bits per heavy atom. The Balaban J connectivity index is 2.72. The van der Waals surface area contributed by atoms with Crippen molar-refractivity contribution in [1.82, 2.24) is 5.32 Å². The highest BCUT2D eigenvalue weighted by atomic mass is 16.5. The molecule has 0 amide bonds. The Labute approximate surface area is 130 Å². The Morgan fingerprint density at radius 2 is 1.81 bits per heavy atom. The van der Waals surface area contributed by atoms with Crippen molar-refractivity contribution in [2.75, 3.05) is 19.7 Å². The second-order valence-corrected chi connectivity index (χ2v) is 6.35. The number of nitrogens with two attached hydrogens (primary N) is 1. The molecule has 3 heteroatoms. The van der Waals surface area contributed by atoms with Gasteiger partial charge in [-0.25, -0.2) is 0 Å². The van der Waals surface area contributed by atoms with Gasteiger partial charge in [-0.05, 0) is 48.9 Å². The number of nitrogens with one attached hydrogen (secondary N) is 1. The lowest BCUT2D eigenvalue weighted by Crippen LogP contribution is -2.35. The molecule has 21 heavy (non-hydrogen) atoms. The molecule has 0 aliphatic heterocycles. The lowest BCUT2D eigenvalue weighted by molar-refractivity contribution is 0.266. The zero-order valence-corrected chi connectivity index (χ0v) is 14.2. The third-order valence-electron chi connectivity index (χ3n) is 4.12. The van der Waals surface area contributed by atoms with Crippen LogP contribution < -0.4 is 15.8 Å². The van der Waals surface area contributed by atoms with Crippen LogP contribution in [0.5, 0.6) is 5.75 Å². The summed E-state index contributed by atoms with van der Waals surface area (Å²) in [5, 5.41) is 3.64. The van der Waals surface area contributed by atoms with Crippen LogP contribution >= 0.6 is 0 Å². The minimum absolute atomic E-state index is 0.186. The van der Waals surface area contributed by atoms with Crippen LogP contribution in [0.1, 0.15) is 46.2 Å². The number of hydrogen-bond acceptors (Lipinski definition) is 3. The summed E-state index contributed by atoms with van der Waals surface area (Å²) in [5.74, 6) is 2.92. The van der Waals surface area contributed by atoms with E-state index in [1.54, 1.807) is 0 Å². The largest absolute Gasteiger partial charge is 0.494 e. The van der Waals surface area contributed by atoms with Crippen LogP contribution in [0, 0.1) is 17.8 Å². The molecule has 0 radical (unpaired) electrons. The summed E-state index contributed by atoms with van der Waals surface area (Å²) < 4.78 is 5.57. The quantitative estimate of drug-likeness (QED) is 0.731. The van der Waals surface area contributed by atoms with Gasteiger partial charge in [0, 0.05) is 12.6 Å². The minimum atomic E-state index is 0.186. The predicted octanol–water partition coefficient (Wildman–Crippen LogP) is 3.60. The van der Waals surface area contributed by atoms with Gasteiger partial charge in [0.2, 0.25) is 0 Å². The highest BCUT2D eigenvalue weighted by molar-refractivity contribution is 5.30. The SMILES string of the molecule is CCOc1cccc(C(CN)NCC(C(C)C)C(C)C)c1. The third-order valence-corrected chi connectivity index (χ3v) is 4.12. The first kappa shape index (κ1) is 18.0. The smallest absolute Gasteiger partial charge is 0.119 e. The summed E-state index contributed by atoms with van der Waals surface area (Å²) in [6, 6.07) is 8.42. The van der Waals surface area contributed by atoms with Gasteiger partial charge in [0.25, 0.3) is 0 Å². The van der Waals surface area contributed by atoms with Crippen LogP contribution in [0.2, 0.25) is 0 Å². The molecule has 3 nitrogen and oxygen atoms in total. The van der Waals surface area contributed by atoms with Crippen molar-refractivity contribution in [3.05, 3.63) is 29.8 Å². The van der Waals surface area contributed by atoms with Crippen molar-refractivity contribution >= 4 is 0 Å². The van der Waals surface area contributed by atoms with Crippen molar-refractivity contribution in [2.24, 2.45) is 23.5 Å². The average Bonchev–Trinajstić information content (AvgIpc) is 2.43. The molecule has 1 aromatic carbocycles. The number of ether oxygens (including phenoxy) is 1. The van der Waals surface area contributed by atoms with E-state index in [1.807, 2.05) is 19.1 Å². The van der Waals surface area contributed by atoms with E-state index in [0.29, 0.717) is 30.9 Å². The maximum atomic E-state index is 5.96. The third kappa shape index (κ3) is 5.68. The van der Waals surface area contributed by atoms with Crippen molar-refractivity contribution < 1.29 is 4.74 Å². The standard InChI is InChI=1S/C18H32N2O/c1-6-21-16-9-7-8-15(10-16)18(11-19)20-12-17(13(2)3)14(4)5/h7-10,13-14,17-18,20H,6,11-12,19H2,1-5H3. The van der Waals surface area contributed by atoms with Crippen molar-refractivity contribution in [2.45, 2.75) is 40.7 Å². The summed E-state index contributed by atoms with van der Waals surface area (Å²) >= 11 is 0. The van der Waals surface area contributed by atoms with E-state index < -0.39 is 0 Å². The maximum Gasteiger partial charge on any atom is 0.119 e. The van der Waals surface area contributed by atoms with Crippen molar-refractivity contribution in [3.8, 4) is 5.75 Å². The molecule has 1 unspecified atom stereocenters. The molecule has 0 spiro atoms. The summed E-state index contributed by atoms with van der Waals surface area (Å²) in [6.45, 7) is 13.4. The van der Waals surface area contributed by atoms with Crippen molar-refractivity contribution in [3.63, 3.8) is 0 Å². The van der Waals surface area contributed by atoms with Crippen LogP contribution in [0.25, 0.3) is 0 Å². The lowest BCUT2D eigenvalue weighted by Gasteiger charge is -2.28. The van der Waals surface area contributed by atoms with E-state index in [2.05, 4.69) is 45.1 Å². The minimum Gasteiger partial charge on any atom is -0.494 e. The highest BCUT2D eigenvalue weighted by Crippen LogP contribution is 2.22. The first-order valence-electron chi connectivity index (χ1n) is 8.15. The molecule has 0 bridgehead atoms. The fourth-order valence-corrected chi connectivity index (χ4v) is 2.84. The molecule has 0 aliphatic rings. The summed E-state index contributed by atoms with van der Waals surface area (Å²) in [4.78, 5) is 0. The molecular weight excluding hydrogens is 260 g/mol. The zero-order chi connectivity index (χ0) is 15.8. The second-order valence-electron chi connectivity index (χ2n) is 6.35. The Hall–Kier alpha value is -1.06. The summed E-state index contributed by atoms with van der Waals surface area (Å²) in [5.41, 5.74) is 7.17. The normalized spacial score (nSPS) is 13.2. The molecule has 0 aromatic heterocycles. The first-order valence-corrected chi connectivity index (χ1v) is 8.15. The van der Waals surface area contributed by atoms with E-state index in [0.717, 1.165) is 12.3 Å². The Kier molecular flexibility index (Phi) is 7.76. The van der Waals surface area contributed by atoms with Crippen molar-refractivity contribution in [1.29, 1.82) is 0 Å². The molecule has 120 valence electrons. The Morgan fingerprint density at radius 3 is 2.33 bits per heavy atom. The number of rotatable bonds is 9. The molecule has 0 saturated carbocycles. The molecular formula is C18H32N2O. The van der Waals surface area contributed by atoms with Gasteiger partial charge >= 0.3 is 0 Å². The van der Waals surface area contributed by atoms with Crippen LogP contribution in [-0.4, -0.2) is 19.7 Å². The van der Waals surface area contributed by atoms with E-state index in [4.69, 9.17) is 10.5 Å². The van der Waals surface area contributed by atoms with E-state index in [9.17, 15) is 0 Å². The maximum absolute atomic E-state index is 5.96. The average molecular weight is 292 g/mol. The Bertz CT molecular complexity index is 396. The van der Waals surface area contributed by atoms with Crippen LogP contribution in [0.4, 0.5) is 0 Å². The molecule has 1 rings (SSSR count). The van der Waals surface area contributed by atoms with Crippen LogP contribution in [-0.2, 0) is 0 Å². The second kappa shape index (κ2) is 9.06. The van der Waals surface area contributed by atoms with Gasteiger partial charge in [-0.3, -0.25) is 0 Å². The molecule has 0 aliphatic carbocycles. The first-order chi connectivity index (χ1) is 9.99. The van der Waals surface area contributed by atoms with Gasteiger partial charge < -0.3 is 15.8 Å². The molecule has 0 heterocycles. The van der Waals surface area contributed by atoms with Crippen LogP contribution in [0.3, 0.4) is 0 Å². The number of benzene rings is 1. The topological polar surface area (TPSA) is 47.3 Å². The van der Waals surface area contributed by atoms with Gasteiger partial charge in [-0.2, -0.15) is 0 Å². The molecule has 0 saturated heterocycles. The van der Waals surface area contributed by atoms with E-state index >= 15 is 0 Å². The summed E-state index contributed by atoms with van der Waals surface area (Å²) in [7, 11) is 0. The summed E-state index contributed by atoms with van der Waals surface area (Å²) in [6.07, 6.45) is 0.